The fourth-order valence-electron chi connectivity index (χ4n) is 2.89. The highest BCUT2D eigenvalue weighted by molar-refractivity contribution is 7.89. The molecule has 0 saturated carbocycles. The Morgan fingerprint density at radius 3 is 2.52 bits per heavy atom. The summed E-state index contributed by atoms with van der Waals surface area (Å²) in [6, 6.07) is 9.28. The molecule has 1 aliphatic rings. The molecule has 4 rings (SSSR count). The molecule has 1 amide bonds. The number of carbonyl (C=O) groups excluding carboxylic acids is 1. The van der Waals surface area contributed by atoms with Crippen LogP contribution in [0.5, 0.6) is 11.6 Å². The lowest BCUT2D eigenvalue weighted by Gasteiger charge is -2.12. The smallest absolute Gasteiger partial charge is 0.291 e. The molecule has 29 heavy (non-hydrogen) atoms. The van der Waals surface area contributed by atoms with Gasteiger partial charge in [0.2, 0.25) is 11.0 Å². The highest BCUT2D eigenvalue weighted by atomic mass is 32.2. The highest BCUT2D eigenvalue weighted by Gasteiger charge is 2.30. The lowest BCUT2D eigenvalue weighted by molar-refractivity contribution is 0.0991. The minimum atomic E-state index is -3.70. The van der Waals surface area contributed by atoms with E-state index in [1.165, 1.54) is 28.8 Å². The summed E-state index contributed by atoms with van der Waals surface area (Å²) in [4.78, 5) is 20.3. The zero-order valence-corrected chi connectivity index (χ0v) is 16.1. The Bertz CT molecular complexity index is 1090. The van der Waals surface area contributed by atoms with Crippen molar-refractivity contribution in [3.63, 3.8) is 0 Å². The summed E-state index contributed by atoms with van der Waals surface area (Å²) in [5.41, 5.74) is 0.502. The number of hydrogen-bond acceptors (Lipinski definition) is 7. The summed E-state index contributed by atoms with van der Waals surface area (Å²) in [5, 5.41) is 2.43. The van der Waals surface area contributed by atoms with Crippen LogP contribution in [-0.4, -0.2) is 41.7 Å². The van der Waals surface area contributed by atoms with Crippen molar-refractivity contribution < 1.29 is 22.4 Å². The number of nitrogens with one attached hydrogen (secondary N) is 1. The summed E-state index contributed by atoms with van der Waals surface area (Å²) in [5.74, 6) is 0.255. The van der Waals surface area contributed by atoms with Crippen molar-refractivity contribution in [1.82, 2.24) is 14.3 Å². The van der Waals surface area contributed by atoms with Crippen molar-refractivity contribution in [2.24, 2.45) is 0 Å². The van der Waals surface area contributed by atoms with Crippen LogP contribution < -0.4 is 10.1 Å². The molecule has 3 aromatic rings. The molecule has 1 N–H and O–H groups in total. The summed E-state index contributed by atoms with van der Waals surface area (Å²) < 4.78 is 37.2. The van der Waals surface area contributed by atoms with Crippen LogP contribution in [-0.2, 0) is 10.0 Å². The Hall–Kier alpha value is -3.24. The van der Waals surface area contributed by atoms with Crippen molar-refractivity contribution in [3.05, 3.63) is 60.7 Å². The predicted molar refractivity (Wildman–Crippen MR) is 103 cm³/mol. The van der Waals surface area contributed by atoms with Crippen molar-refractivity contribution in [2.45, 2.75) is 17.9 Å². The summed E-state index contributed by atoms with van der Waals surface area (Å²) in [6.07, 6.45) is 6.20. The molecular formula is C19H18N4O5S. The first-order chi connectivity index (χ1) is 14.0. The van der Waals surface area contributed by atoms with Crippen molar-refractivity contribution >= 4 is 21.6 Å². The van der Waals surface area contributed by atoms with E-state index >= 15 is 0 Å². The maximum Gasteiger partial charge on any atom is 0.291 e. The summed E-state index contributed by atoms with van der Waals surface area (Å²) in [6.45, 7) is 0.932. The van der Waals surface area contributed by atoms with Gasteiger partial charge in [0.15, 0.2) is 5.76 Å². The van der Waals surface area contributed by atoms with Crippen molar-refractivity contribution in [1.29, 1.82) is 0 Å². The largest absolute Gasteiger partial charge is 0.438 e. The van der Waals surface area contributed by atoms with Gasteiger partial charge in [-0.2, -0.15) is 4.31 Å². The maximum atomic E-state index is 12.5. The number of rotatable bonds is 6. The zero-order valence-electron chi connectivity index (χ0n) is 15.3. The molecule has 2 aromatic heterocycles. The van der Waals surface area contributed by atoms with Crippen molar-refractivity contribution in [2.75, 3.05) is 18.4 Å². The van der Waals surface area contributed by atoms with Crippen LogP contribution in [0, 0.1) is 0 Å². The number of carbonyl (C=O) groups is 1. The number of nitrogens with zero attached hydrogens (tertiary/aromatic N) is 3. The zero-order chi connectivity index (χ0) is 20.3. The monoisotopic (exact) mass is 414 g/mol. The van der Waals surface area contributed by atoms with Crippen LogP contribution in [0.4, 0.5) is 5.69 Å². The molecule has 0 bridgehead atoms. The Balaban J connectivity index is 1.41. The average molecular weight is 414 g/mol. The van der Waals surface area contributed by atoms with Gasteiger partial charge in [-0.1, -0.05) is 0 Å². The minimum absolute atomic E-state index is 0.0809. The Kier molecular flexibility index (Phi) is 5.28. The third-order valence-corrected chi connectivity index (χ3v) is 6.11. The topological polar surface area (TPSA) is 115 Å². The second-order valence-electron chi connectivity index (χ2n) is 6.35. The second-order valence-corrected chi connectivity index (χ2v) is 8.22. The molecule has 3 heterocycles. The van der Waals surface area contributed by atoms with E-state index in [1.807, 2.05) is 0 Å². The minimum Gasteiger partial charge on any atom is -0.438 e. The molecule has 1 aromatic carbocycles. The van der Waals surface area contributed by atoms with Gasteiger partial charge in [-0.25, -0.2) is 13.4 Å². The summed E-state index contributed by atoms with van der Waals surface area (Å²) >= 11 is 0. The molecule has 150 valence electrons. The number of hydrogen-bond donors (Lipinski definition) is 1. The van der Waals surface area contributed by atoms with Gasteiger partial charge in [-0.3, -0.25) is 9.78 Å². The standard InChI is InChI=1S/C19H18N4O5S/c24-19(16-7-8-18(28-16)29(25,26)23-11-1-2-12-23)22-14-3-5-15(6-4-14)27-17-13-20-9-10-21-17/h3-10,13H,1-2,11-12H2,(H,22,24). The third kappa shape index (κ3) is 4.28. The van der Waals surface area contributed by atoms with Gasteiger partial charge >= 0.3 is 0 Å². The van der Waals surface area contributed by atoms with E-state index in [0.717, 1.165) is 12.8 Å². The molecular weight excluding hydrogens is 396 g/mol. The van der Waals surface area contributed by atoms with Gasteiger partial charge in [-0.05, 0) is 49.2 Å². The lowest BCUT2D eigenvalue weighted by atomic mass is 10.3. The molecule has 9 nitrogen and oxygen atoms in total. The quantitative estimate of drug-likeness (QED) is 0.659. The first kappa shape index (κ1) is 19.1. The number of amides is 1. The van der Waals surface area contributed by atoms with E-state index in [-0.39, 0.29) is 10.9 Å². The van der Waals surface area contributed by atoms with E-state index in [2.05, 4.69) is 15.3 Å². The number of furan rings is 1. The van der Waals surface area contributed by atoms with Gasteiger partial charge in [0.25, 0.3) is 15.9 Å². The first-order valence-corrected chi connectivity index (χ1v) is 10.4. The first-order valence-electron chi connectivity index (χ1n) is 8.98. The fourth-order valence-corrected chi connectivity index (χ4v) is 4.32. The fraction of sp³-hybridized carbons (Fsp3) is 0.211. The molecule has 0 unspecified atom stereocenters. The molecule has 1 fully saturated rings. The molecule has 1 saturated heterocycles. The second kappa shape index (κ2) is 8.02. The van der Waals surface area contributed by atoms with Crippen LogP contribution in [0.1, 0.15) is 23.4 Å². The molecule has 10 heteroatoms. The third-order valence-electron chi connectivity index (χ3n) is 4.34. The number of aromatic nitrogens is 2. The van der Waals surface area contributed by atoms with Crippen LogP contribution in [0.15, 0.2) is 64.5 Å². The maximum absolute atomic E-state index is 12.5. The van der Waals surface area contributed by atoms with Crippen LogP contribution >= 0.6 is 0 Å². The van der Waals surface area contributed by atoms with E-state index < -0.39 is 15.9 Å². The molecule has 1 aliphatic heterocycles. The predicted octanol–water partition coefficient (Wildman–Crippen LogP) is 2.90. The lowest BCUT2D eigenvalue weighted by Crippen LogP contribution is -2.27. The molecule has 0 radical (unpaired) electrons. The SMILES string of the molecule is O=C(Nc1ccc(Oc2cnccn2)cc1)c1ccc(S(=O)(=O)N2CCCC2)o1. The van der Waals surface area contributed by atoms with Gasteiger partial charge in [0.05, 0.1) is 6.20 Å². The van der Waals surface area contributed by atoms with Gasteiger partial charge < -0.3 is 14.5 Å². The molecule has 0 spiro atoms. The average Bonchev–Trinajstić information content (AvgIpc) is 3.43. The highest BCUT2D eigenvalue weighted by Crippen LogP contribution is 2.24. The normalized spacial score (nSPS) is 14.6. The number of sulfonamides is 1. The number of anilines is 1. The Labute approximate surface area is 167 Å². The van der Waals surface area contributed by atoms with Crippen LogP contribution in [0.3, 0.4) is 0 Å². The Morgan fingerprint density at radius 2 is 1.83 bits per heavy atom. The van der Waals surface area contributed by atoms with Crippen LogP contribution in [0.25, 0.3) is 0 Å². The molecule has 0 aliphatic carbocycles. The number of ether oxygens (including phenoxy) is 1. The van der Waals surface area contributed by atoms with Crippen molar-refractivity contribution in [3.8, 4) is 11.6 Å². The van der Waals surface area contributed by atoms with E-state index in [9.17, 15) is 13.2 Å². The van der Waals surface area contributed by atoms with Gasteiger partial charge in [-0.15, -0.1) is 0 Å². The van der Waals surface area contributed by atoms with E-state index in [0.29, 0.717) is 30.4 Å². The van der Waals surface area contributed by atoms with Gasteiger partial charge in [0.1, 0.15) is 5.75 Å². The number of benzene rings is 1. The van der Waals surface area contributed by atoms with Crippen LogP contribution in [0.2, 0.25) is 0 Å². The van der Waals surface area contributed by atoms with E-state index in [1.54, 1.807) is 30.5 Å². The van der Waals surface area contributed by atoms with E-state index in [4.69, 9.17) is 9.15 Å². The van der Waals surface area contributed by atoms with Gasteiger partial charge in [0, 0.05) is 31.2 Å². The summed E-state index contributed by atoms with van der Waals surface area (Å²) in [7, 11) is -3.70. The molecule has 0 atom stereocenters. The Morgan fingerprint density at radius 1 is 1.07 bits per heavy atom.